The Morgan fingerprint density at radius 2 is 1.59 bits per heavy atom. The van der Waals surface area contributed by atoms with Crippen LogP contribution in [0.15, 0.2) is 71.6 Å². The van der Waals surface area contributed by atoms with Crippen LogP contribution in [0.2, 0.25) is 0 Å². The molecule has 0 heterocycles. The predicted octanol–water partition coefficient (Wildman–Crippen LogP) is 3.70. The van der Waals surface area contributed by atoms with E-state index in [2.05, 4.69) is 22.7 Å². The number of hydrogen-bond acceptors (Lipinski definition) is 7. The SMILES string of the molecule is COC(=O)C(CC#CCCS(=O)c1ccc(C)cc1)(C/C=C/CC(=O)NNc1ccccc1)C(=O)OC. The highest BCUT2D eigenvalue weighted by atomic mass is 32.2. The van der Waals surface area contributed by atoms with Gasteiger partial charge in [-0.2, -0.15) is 0 Å². The number of nitrogens with one attached hydrogen (secondary N) is 2. The van der Waals surface area contributed by atoms with Crippen LogP contribution in [0, 0.1) is 24.2 Å². The van der Waals surface area contributed by atoms with Crippen molar-refractivity contribution in [3.05, 3.63) is 72.3 Å². The van der Waals surface area contributed by atoms with E-state index in [9.17, 15) is 18.6 Å². The molecule has 2 aromatic rings. The number of amides is 1. The van der Waals surface area contributed by atoms with Crippen molar-refractivity contribution in [2.75, 3.05) is 25.4 Å². The van der Waals surface area contributed by atoms with Crippen molar-refractivity contribution in [2.24, 2.45) is 5.41 Å². The maximum absolute atomic E-state index is 12.6. The predicted molar refractivity (Wildman–Crippen MR) is 143 cm³/mol. The van der Waals surface area contributed by atoms with Crippen LogP contribution >= 0.6 is 0 Å². The number of carbonyl (C=O) groups excluding carboxylic acids is 3. The number of aryl methyl sites for hydroxylation is 1. The second-order valence-corrected chi connectivity index (χ2v) is 9.70. The average Bonchev–Trinajstić information content (AvgIpc) is 2.92. The standard InChI is InChI=1S/C28H32N2O6S/c1-22-15-17-24(18-16-22)37(34)21-11-5-9-19-28(26(32)35-2,27(33)36-3)20-10-8-14-25(31)30-29-23-12-6-4-7-13-23/h4,6-8,10,12-13,15-18,29H,11,14,19-21H2,1-3H3,(H,30,31)/b10-8+. The van der Waals surface area contributed by atoms with Gasteiger partial charge < -0.3 is 9.47 Å². The molecule has 0 bridgehead atoms. The number of hydrogen-bond donors (Lipinski definition) is 2. The van der Waals surface area contributed by atoms with Crippen molar-refractivity contribution in [1.29, 1.82) is 0 Å². The first-order valence-electron chi connectivity index (χ1n) is 11.6. The van der Waals surface area contributed by atoms with E-state index in [-0.39, 0.29) is 25.2 Å². The number of rotatable bonds is 12. The van der Waals surface area contributed by atoms with Crippen molar-refractivity contribution in [3.8, 4) is 11.8 Å². The minimum Gasteiger partial charge on any atom is -0.468 e. The van der Waals surface area contributed by atoms with Crippen LogP contribution < -0.4 is 10.9 Å². The zero-order valence-electron chi connectivity index (χ0n) is 21.2. The Bertz CT molecular complexity index is 1150. The van der Waals surface area contributed by atoms with E-state index in [0.29, 0.717) is 12.2 Å². The molecule has 0 saturated carbocycles. The van der Waals surface area contributed by atoms with E-state index in [0.717, 1.165) is 16.1 Å². The lowest BCUT2D eigenvalue weighted by Gasteiger charge is -2.24. The molecular weight excluding hydrogens is 492 g/mol. The first-order chi connectivity index (χ1) is 17.8. The molecule has 196 valence electrons. The minimum absolute atomic E-state index is 0.0226. The van der Waals surface area contributed by atoms with Crippen molar-refractivity contribution in [1.82, 2.24) is 5.43 Å². The van der Waals surface area contributed by atoms with Gasteiger partial charge in [-0.3, -0.25) is 29.4 Å². The van der Waals surface area contributed by atoms with Gasteiger partial charge in [0.05, 0.1) is 30.7 Å². The van der Waals surface area contributed by atoms with Gasteiger partial charge in [-0.1, -0.05) is 48.0 Å². The van der Waals surface area contributed by atoms with Gasteiger partial charge in [0.2, 0.25) is 5.91 Å². The van der Waals surface area contributed by atoms with Gasteiger partial charge in [0.15, 0.2) is 5.41 Å². The smallest absolute Gasteiger partial charge is 0.324 e. The summed E-state index contributed by atoms with van der Waals surface area (Å²) >= 11 is 0. The lowest BCUT2D eigenvalue weighted by molar-refractivity contribution is -0.168. The minimum atomic E-state index is -1.68. The average molecular weight is 525 g/mol. The van der Waals surface area contributed by atoms with Crippen LogP contribution in [0.3, 0.4) is 0 Å². The molecule has 37 heavy (non-hydrogen) atoms. The number of hydrazine groups is 1. The summed E-state index contributed by atoms with van der Waals surface area (Å²) in [4.78, 5) is 38.1. The van der Waals surface area contributed by atoms with E-state index in [4.69, 9.17) is 9.47 Å². The zero-order chi connectivity index (χ0) is 27.1. The number of para-hydroxylation sites is 1. The van der Waals surface area contributed by atoms with Gasteiger partial charge >= 0.3 is 11.9 Å². The molecule has 0 saturated heterocycles. The van der Waals surface area contributed by atoms with Gasteiger partial charge in [-0.25, -0.2) is 0 Å². The lowest BCUT2D eigenvalue weighted by atomic mass is 9.81. The first kappa shape index (κ1) is 29.3. The molecule has 0 radical (unpaired) electrons. The van der Waals surface area contributed by atoms with Crippen molar-refractivity contribution in [3.63, 3.8) is 0 Å². The molecular formula is C28H32N2O6S. The van der Waals surface area contributed by atoms with E-state index in [1.54, 1.807) is 24.3 Å². The van der Waals surface area contributed by atoms with E-state index >= 15 is 0 Å². The molecule has 2 N–H and O–H groups in total. The molecule has 2 rings (SSSR count). The largest absolute Gasteiger partial charge is 0.468 e. The van der Waals surface area contributed by atoms with Crippen LogP contribution in [0.5, 0.6) is 0 Å². The maximum atomic E-state index is 12.6. The number of carbonyl (C=O) groups is 3. The Balaban J connectivity index is 1.98. The summed E-state index contributed by atoms with van der Waals surface area (Å²) in [7, 11) is 1.17. The summed E-state index contributed by atoms with van der Waals surface area (Å²) in [6.07, 6.45) is 3.26. The Morgan fingerprint density at radius 1 is 0.946 bits per heavy atom. The molecule has 0 aromatic heterocycles. The fourth-order valence-corrected chi connectivity index (χ4v) is 4.26. The van der Waals surface area contributed by atoms with E-state index < -0.39 is 28.2 Å². The molecule has 2 aromatic carbocycles. The van der Waals surface area contributed by atoms with Crippen molar-refractivity contribution < 1.29 is 28.1 Å². The molecule has 0 fully saturated rings. The van der Waals surface area contributed by atoms with Gasteiger partial charge in [0, 0.05) is 29.9 Å². The molecule has 0 spiro atoms. The Hall–Kier alpha value is -3.90. The van der Waals surface area contributed by atoms with Crippen LogP contribution in [0.4, 0.5) is 5.69 Å². The number of methoxy groups -OCH3 is 2. The van der Waals surface area contributed by atoms with Gasteiger partial charge in [0.1, 0.15) is 0 Å². The topological polar surface area (TPSA) is 111 Å². The van der Waals surface area contributed by atoms with Crippen molar-refractivity contribution >= 4 is 34.3 Å². The fraction of sp³-hybridized carbons (Fsp3) is 0.321. The van der Waals surface area contributed by atoms with Gasteiger partial charge in [-0.15, -0.1) is 11.8 Å². The summed E-state index contributed by atoms with van der Waals surface area (Å²) in [6, 6.07) is 16.6. The molecule has 0 aliphatic rings. The zero-order valence-corrected chi connectivity index (χ0v) is 22.1. The van der Waals surface area contributed by atoms with E-state index in [1.807, 2.05) is 49.4 Å². The Labute approximate surface area is 220 Å². The summed E-state index contributed by atoms with van der Waals surface area (Å²) in [5, 5.41) is 0. The number of allylic oxidation sites excluding steroid dienone is 1. The van der Waals surface area contributed by atoms with Crippen LogP contribution in [-0.4, -0.2) is 42.0 Å². The lowest BCUT2D eigenvalue weighted by Crippen LogP contribution is -2.40. The van der Waals surface area contributed by atoms with Crippen molar-refractivity contribution in [2.45, 2.75) is 37.5 Å². The molecule has 1 atom stereocenters. The molecule has 9 heteroatoms. The summed E-state index contributed by atoms with van der Waals surface area (Å²) in [5.74, 6) is 4.21. The second-order valence-electron chi connectivity index (χ2n) is 8.13. The highest BCUT2D eigenvalue weighted by Crippen LogP contribution is 2.31. The highest BCUT2D eigenvalue weighted by molar-refractivity contribution is 7.85. The molecule has 1 unspecified atom stereocenters. The van der Waals surface area contributed by atoms with Crippen LogP contribution in [0.25, 0.3) is 0 Å². The van der Waals surface area contributed by atoms with E-state index in [1.165, 1.54) is 14.2 Å². The monoisotopic (exact) mass is 524 g/mol. The first-order valence-corrected chi connectivity index (χ1v) is 13.0. The van der Waals surface area contributed by atoms with Gasteiger partial charge in [0.25, 0.3) is 0 Å². The molecule has 0 aliphatic carbocycles. The number of benzene rings is 2. The molecule has 0 aliphatic heterocycles. The third-order valence-corrected chi connectivity index (χ3v) is 6.79. The summed E-state index contributed by atoms with van der Waals surface area (Å²) < 4.78 is 22.2. The third-order valence-electron chi connectivity index (χ3n) is 5.42. The Kier molecular flexibility index (Phi) is 12.1. The highest BCUT2D eigenvalue weighted by Gasteiger charge is 2.47. The third kappa shape index (κ3) is 9.24. The summed E-state index contributed by atoms with van der Waals surface area (Å²) in [6.45, 7) is 1.96. The maximum Gasteiger partial charge on any atom is 0.324 e. The Morgan fingerprint density at radius 3 is 2.22 bits per heavy atom. The van der Waals surface area contributed by atoms with Gasteiger partial charge in [-0.05, 0) is 37.6 Å². The van der Waals surface area contributed by atoms with Crippen LogP contribution in [-0.2, 0) is 34.7 Å². The number of ether oxygens (including phenoxy) is 2. The second kappa shape index (κ2) is 15.3. The molecule has 1 amide bonds. The fourth-order valence-electron chi connectivity index (χ4n) is 3.30. The van der Waals surface area contributed by atoms with Crippen LogP contribution in [0.1, 0.15) is 31.2 Å². The number of anilines is 1. The quantitative estimate of drug-likeness (QED) is 0.143. The molecule has 8 nitrogen and oxygen atoms in total. The number of esters is 2. The summed E-state index contributed by atoms with van der Waals surface area (Å²) in [5.41, 5.74) is 5.50. The normalized spacial score (nSPS) is 11.6.